The van der Waals surface area contributed by atoms with Crippen molar-refractivity contribution in [1.82, 2.24) is 4.90 Å². The topological polar surface area (TPSA) is 68.2 Å². The minimum absolute atomic E-state index is 0.0414. The molecule has 1 aromatic rings. The molecule has 172 valence electrons. The van der Waals surface area contributed by atoms with Crippen LogP contribution in [0.4, 0.5) is 0 Å². The highest BCUT2D eigenvalue weighted by atomic mass is 32.2. The molecule has 0 spiro atoms. The number of nitrogens with zero attached hydrogens (tertiary/aromatic N) is 2. The van der Waals surface area contributed by atoms with E-state index >= 15 is 0 Å². The fraction of sp³-hybridized carbons (Fsp3) is 0.480. The Morgan fingerprint density at radius 2 is 1.88 bits per heavy atom. The molecular formula is C25H32N2O4S. The van der Waals surface area contributed by atoms with E-state index in [9.17, 15) is 9.59 Å². The molecule has 0 N–H and O–H groups in total. The van der Waals surface area contributed by atoms with E-state index in [-0.39, 0.29) is 18.5 Å². The van der Waals surface area contributed by atoms with Gasteiger partial charge in [-0.05, 0) is 50.3 Å². The summed E-state index contributed by atoms with van der Waals surface area (Å²) in [6.07, 6.45) is 11.0. The molecule has 0 atom stereocenters. The van der Waals surface area contributed by atoms with Gasteiger partial charge >= 0.3 is 5.97 Å². The normalized spacial score (nSPS) is 21.2. The van der Waals surface area contributed by atoms with Gasteiger partial charge in [0.1, 0.15) is 0 Å². The second kappa shape index (κ2) is 12.5. The van der Waals surface area contributed by atoms with Crippen LogP contribution in [0.2, 0.25) is 0 Å². The van der Waals surface area contributed by atoms with Crippen LogP contribution in [0.15, 0.2) is 41.6 Å². The molecule has 1 amide bonds. The van der Waals surface area contributed by atoms with Crippen LogP contribution in [0.5, 0.6) is 0 Å². The number of esters is 1. The van der Waals surface area contributed by atoms with Gasteiger partial charge in [-0.1, -0.05) is 41.1 Å². The molecule has 0 bridgehead atoms. The number of carbonyl (C=O) groups is 2. The third-order valence-corrected chi connectivity index (χ3v) is 6.31. The van der Waals surface area contributed by atoms with Crippen molar-refractivity contribution in [1.29, 1.82) is 0 Å². The minimum Gasteiger partial charge on any atom is -0.462 e. The standard InChI is InChI=1S/C25H32N2O4S/c1-19-15-20(2)24-21(16-19)17-22(9-7-5-3-4-6-8-12-30-25(24)29)26-31-18-23(28)27-10-13-32-14-11-27/h4,6-7,9,15-16H,3,5,8,10-14,17-18H2,1-2H3/b6-4+,9-7+,26-22+. The predicted molar refractivity (Wildman–Crippen MR) is 129 cm³/mol. The van der Waals surface area contributed by atoms with E-state index < -0.39 is 0 Å². The van der Waals surface area contributed by atoms with Crippen LogP contribution in [0.25, 0.3) is 0 Å². The minimum atomic E-state index is -0.314. The largest absolute Gasteiger partial charge is 0.462 e. The van der Waals surface area contributed by atoms with Crippen LogP contribution >= 0.6 is 11.8 Å². The van der Waals surface area contributed by atoms with Crippen LogP contribution in [0, 0.1) is 13.8 Å². The second-order valence-corrected chi connectivity index (χ2v) is 9.24. The fourth-order valence-electron chi connectivity index (χ4n) is 3.82. The number of allylic oxidation sites excluding steroid dienone is 3. The molecule has 0 unspecified atom stereocenters. The van der Waals surface area contributed by atoms with Crippen LogP contribution in [-0.2, 0) is 20.8 Å². The monoisotopic (exact) mass is 456 g/mol. The van der Waals surface area contributed by atoms with Crippen LogP contribution in [0.3, 0.4) is 0 Å². The van der Waals surface area contributed by atoms with Crippen molar-refractivity contribution in [2.75, 3.05) is 37.8 Å². The Balaban J connectivity index is 1.80. The first-order valence-corrected chi connectivity index (χ1v) is 12.3. The molecule has 1 saturated heterocycles. The zero-order valence-corrected chi connectivity index (χ0v) is 19.8. The second-order valence-electron chi connectivity index (χ2n) is 8.02. The summed E-state index contributed by atoms with van der Waals surface area (Å²) in [5.41, 5.74) is 4.06. The summed E-state index contributed by atoms with van der Waals surface area (Å²) in [6, 6.07) is 3.98. The predicted octanol–water partition coefficient (Wildman–Crippen LogP) is 4.25. The maximum absolute atomic E-state index is 12.8. The average Bonchev–Trinajstić information content (AvgIpc) is 2.77. The molecule has 7 heteroatoms. The van der Waals surface area contributed by atoms with Crippen molar-refractivity contribution in [2.24, 2.45) is 5.16 Å². The molecule has 2 aliphatic rings. The number of cyclic esters (lactones) is 1. The van der Waals surface area contributed by atoms with Gasteiger partial charge in [0.15, 0.2) is 6.61 Å². The van der Waals surface area contributed by atoms with Crippen molar-refractivity contribution in [3.63, 3.8) is 0 Å². The van der Waals surface area contributed by atoms with Gasteiger partial charge in [-0.2, -0.15) is 11.8 Å². The molecule has 2 heterocycles. The molecule has 1 aromatic carbocycles. The Bertz CT molecular complexity index is 901. The summed E-state index contributed by atoms with van der Waals surface area (Å²) in [5.74, 6) is 1.57. The number of amides is 1. The molecule has 0 radical (unpaired) electrons. The van der Waals surface area contributed by atoms with Gasteiger partial charge in [-0.3, -0.25) is 4.79 Å². The van der Waals surface area contributed by atoms with Gasteiger partial charge < -0.3 is 14.5 Å². The first kappa shape index (κ1) is 24.1. The number of rotatable bonds is 3. The number of ether oxygens (including phenoxy) is 1. The average molecular weight is 457 g/mol. The van der Waals surface area contributed by atoms with Crippen LogP contribution in [-0.4, -0.2) is 60.3 Å². The van der Waals surface area contributed by atoms with E-state index in [1.165, 1.54) is 0 Å². The molecule has 3 rings (SSSR count). The maximum atomic E-state index is 12.8. The number of fused-ring (bicyclic) bond motifs is 1. The van der Waals surface area contributed by atoms with Gasteiger partial charge in [0.25, 0.3) is 5.91 Å². The highest BCUT2D eigenvalue weighted by Crippen LogP contribution is 2.20. The number of aryl methyl sites for hydroxylation is 2. The Hall–Kier alpha value is -2.54. The SMILES string of the molecule is Cc1cc(C)c2c(c1)CC(=N/OCC(=O)N1CCSCC1)/C=C/CC/C=C/CCOC2=O. The number of benzene rings is 1. The summed E-state index contributed by atoms with van der Waals surface area (Å²) in [5, 5.41) is 4.28. The summed E-state index contributed by atoms with van der Waals surface area (Å²) in [7, 11) is 0. The molecular weight excluding hydrogens is 424 g/mol. The Kier molecular flexibility index (Phi) is 9.41. The lowest BCUT2D eigenvalue weighted by atomic mass is 9.95. The summed E-state index contributed by atoms with van der Waals surface area (Å²) in [6.45, 7) is 5.73. The van der Waals surface area contributed by atoms with Gasteiger partial charge in [0.2, 0.25) is 0 Å². The van der Waals surface area contributed by atoms with E-state index in [1.54, 1.807) is 0 Å². The van der Waals surface area contributed by atoms with Crippen LogP contribution < -0.4 is 0 Å². The van der Waals surface area contributed by atoms with E-state index in [2.05, 4.69) is 17.3 Å². The molecule has 0 aromatic heterocycles. The lowest BCUT2D eigenvalue weighted by molar-refractivity contribution is -0.135. The first-order valence-electron chi connectivity index (χ1n) is 11.2. The summed E-state index contributed by atoms with van der Waals surface area (Å²) < 4.78 is 5.52. The molecule has 32 heavy (non-hydrogen) atoms. The molecule has 0 aliphatic carbocycles. The van der Waals surface area contributed by atoms with E-state index in [0.717, 1.165) is 54.1 Å². The lowest BCUT2D eigenvalue weighted by Gasteiger charge is -2.25. The van der Waals surface area contributed by atoms with Crippen molar-refractivity contribution in [3.05, 3.63) is 58.7 Å². The van der Waals surface area contributed by atoms with E-state index in [0.29, 0.717) is 30.7 Å². The maximum Gasteiger partial charge on any atom is 0.338 e. The Labute approximate surface area is 194 Å². The zero-order chi connectivity index (χ0) is 22.8. The number of hydrogen-bond donors (Lipinski definition) is 0. The van der Waals surface area contributed by atoms with Crippen molar-refractivity contribution >= 4 is 29.4 Å². The highest BCUT2D eigenvalue weighted by molar-refractivity contribution is 7.99. The molecule has 2 aliphatic heterocycles. The highest BCUT2D eigenvalue weighted by Gasteiger charge is 2.19. The van der Waals surface area contributed by atoms with Gasteiger partial charge in [-0.25, -0.2) is 4.79 Å². The number of carbonyl (C=O) groups excluding carboxylic acids is 2. The van der Waals surface area contributed by atoms with Crippen molar-refractivity contribution in [3.8, 4) is 0 Å². The van der Waals surface area contributed by atoms with Gasteiger partial charge in [0.05, 0.1) is 17.9 Å². The first-order chi connectivity index (χ1) is 15.5. The lowest BCUT2D eigenvalue weighted by Crippen LogP contribution is -2.39. The number of oxime groups is 1. The number of thioether (sulfide) groups is 1. The van der Waals surface area contributed by atoms with E-state index in [4.69, 9.17) is 9.57 Å². The van der Waals surface area contributed by atoms with Crippen molar-refractivity contribution < 1.29 is 19.2 Å². The summed E-state index contributed by atoms with van der Waals surface area (Å²) >= 11 is 1.86. The molecule has 1 fully saturated rings. The smallest absolute Gasteiger partial charge is 0.338 e. The van der Waals surface area contributed by atoms with Gasteiger partial charge in [0, 0.05) is 31.0 Å². The van der Waals surface area contributed by atoms with Gasteiger partial charge in [-0.15, -0.1) is 0 Å². The summed E-state index contributed by atoms with van der Waals surface area (Å²) in [4.78, 5) is 32.5. The quantitative estimate of drug-likeness (QED) is 0.386. The molecule has 6 nitrogen and oxygen atoms in total. The van der Waals surface area contributed by atoms with Crippen LogP contribution in [0.1, 0.15) is 46.3 Å². The van der Waals surface area contributed by atoms with Crippen molar-refractivity contribution in [2.45, 2.75) is 39.5 Å². The fourth-order valence-corrected chi connectivity index (χ4v) is 4.72. The zero-order valence-electron chi connectivity index (χ0n) is 19.0. The third kappa shape index (κ3) is 7.26. The third-order valence-electron chi connectivity index (χ3n) is 5.37. The van der Waals surface area contributed by atoms with E-state index in [1.807, 2.05) is 54.8 Å². The Morgan fingerprint density at radius 1 is 1.12 bits per heavy atom. The number of hydrogen-bond acceptors (Lipinski definition) is 6. The molecule has 0 saturated carbocycles. The Morgan fingerprint density at radius 3 is 2.69 bits per heavy atom.